The fraction of sp³-hybridized carbons (Fsp3) is 0.750. The van der Waals surface area contributed by atoms with Crippen molar-refractivity contribution >= 4 is 5.84 Å². The quantitative estimate of drug-likeness (QED) is 0.378. The van der Waals surface area contributed by atoms with E-state index in [-0.39, 0.29) is 0 Å². The van der Waals surface area contributed by atoms with Gasteiger partial charge < -0.3 is 5.73 Å². The fourth-order valence-corrected chi connectivity index (χ4v) is 0.318. The van der Waals surface area contributed by atoms with Gasteiger partial charge in [-0.05, 0) is 0 Å². The number of nitrogens with two attached hydrogens (primary N) is 1. The molecule has 0 fully saturated rings. The molecule has 1 unspecified atom stereocenters. The summed E-state index contributed by atoms with van der Waals surface area (Å²) in [4.78, 5) is 0. The van der Waals surface area contributed by atoms with Gasteiger partial charge in [-0.2, -0.15) is 8.78 Å². The lowest BCUT2D eigenvalue weighted by atomic mass is 10.2. The van der Waals surface area contributed by atoms with E-state index in [0.717, 1.165) is 0 Å². The summed E-state index contributed by atoms with van der Waals surface area (Å²) in [6, 6.07) is 0. The number of alkyl halides is 5. The molecule has 0 bridgehead atoms. The molecule has 0 heterocycles. The Hall–Kier alpha value is -0.880. The van der Waals surface area contributed by atoms with Crippen molar-refractivity contribution in [2.75, 3.05) is 0 Å². The molecule has 0 saturated heterocycles. The third-order valence-electron chi connectivity index (χ3n) is 0.902. The molecule has 0 aromatic rings. The van der Waals surface area contributed by atoms with Gasteiger partial charge >= 0.3 is 12.3 Å². The Kier molecular flexibility index (Phi) is 2.77. The topological polar surface area (TPSA) is 49.9 Å². The summed E-state index contributed by atoms with van der Waals surface area (Å²) in [5.41, 5.74) is 4.25. The molecule has 3 N–H and O–H groups in total. The minimum atomic E-state index is -4.87. The van der Waals surface area contributed by atoms with Gasteiger partial charge in [0.25, 0.3) is 0 Å². The largest absolute Gasteiger partial charge is 0.385 e. The number of rotatable bonds is 3. The smallest absolute Gasteiger partial charge is 0.345 e. The highest BCUT2D eigenvalue weighted by Gasteiger charge is 2.51. The number of hydrogen-bond acceptors (Lipinski definition) is 1. The molecular weight excluding hydrogens is 171 g/mol. The van der Waals surface area contributed by atoms with E-state index in [1.807, 2.05) is 0 Å². The molecule has 66 valence electrons. The zero-order valence-corrected chi connectivity index (χ0v) is 5.12. The SMILES string of the molecule is N=C(N)C(F)C(F)(F)C(F)F. The first-order valence-corrected chi connectivity index (χ1v) is 2.44. The van der Waals surface area contributed by atoms with Crippen LogP contribution in [0, 0.1) is 5.41 Å². The van der Waals surface area contributed by atoms with Crippen LogP contribution < -0.4 is 5.73 Å². The Labute approximate surface area is 58.7 Å². The number of nitrogens with one attached hydrogen (secondary N) is 1. The number of hydrogen-bond donors (Lipinski definition) is 2. The van der Waals surface area contributed by atoms with E-state index in [2.05, 4.69) is 5.73 Å². The van der Waals surface area contributed by atoms with Crippen LogP contribution in [0.2, 0.25) is 0 Å². The highest BCUT2D eigenvalue weighted by atomic mass is 19.3. The number of amidine groups is 1. The minimum absolute atomic E-state index is 1.60. The van der Waals surface area contributed by atoms with Crippen LogP contribution in [0.25, 0.3) is 0 Å². The van der Waals surface area contributed by atoms with Crippen molar-refractivity contribution in [3.8, 4) is 0 Å². The first-order chi connectivity index (χ1) is 4.80. The molecular formula is C4H5F5N2. The van der Waals surface area contributed by atoms with Crippen LogP contribution in [-0.2, 0) is 0 Å². The second kappa shape index (κ2) is 3.02. The molecule has 0 saturated carbocycles. The summed E-state index contributed by atoms with van der Waals surface area (Å²) in [6.07, 6.45) is -7.57. The molecule has 0 radical (unpaired) electrons. The Balaban J connectivity index is 4.41. The highest BCUT2D eigenvalue weighted by Crippen LogP contribution is 2.28. The maximum absolute atomic E-state index is 12.0. The lowest BCUT2D eigenvalue weighted by Gasteiger charge is -2.17. The van der Waals surface area contributed by atoms with Crippen molar-refractivity contribution < 1.29 is 22.0 Å². The summed E-state index contributed by atoms with van der Waals surface area (Å²) in [5.74, 6) is -6.47. The predicted molar refractivity (Wildman–Crippen MR) is 27.8 cm³/mol. The monoisotopic (exact) mass is 176 g/mol. The van der Waals surface area contributed by atoms with Crippen molar-refractivity contribution in [1.29, 1.82) is 5.41 Å². The van der Waals surface area contributed by atoms with Crippen LogP contribution in [0.4, 0.5) is 22.0 Å². The van der Waals surface area contributed by atoms with E-state index >= 15 is 0 Å². The van der Waals surface area contributed by atoms with E-state index in [1.165, 1.54) is 0 Å². The highest BCUT2D eigenvalue weighted by molar-refractivity contribution is 5.82. The Morgan fingerprint density at radius 1 is 1.27 bits per heavy atom. The van der Waals surface area contributed by atoms with Crippen molar-refractivity contribution in [2.24, 2.45) is 5.73 Å². The molecule has 0 aliphatic heterocycles. The maximum Gasteiger partial charge on any atom is 0.345 e. The molecule has 0 aliphatic rings. The Bertz CT molecular complexity index is 157. The zero-order chi connectivity index (χ0) is 9.23. The van der Waals surface area contributed by atoms with Gasteiger partial charge in [0.05, 0.1) is 0 Å². The van der Waals surface area contributed by atoms with E-state index in [9.17, 15) is 22.0 Å². The summed E-state index contributed by atoms with van der Waals surface area (Å²) in [6.45, 7) is 0. The average Bonchev–Trinajstić information content (AvgIpc) is 1.85. The first-order valence-electron chi connectivity index (χ1n) is 2.44. The maximum atomic E-state index is 12.0. The molecule has 11 heavy (non-hydrogen) atoms. The predicted octanol–water partition coefficient (Wildman–Crippen LogP) is 1.16. The van der Waals surface area contributed by atoms with Gasteiger partial charge in [-0.15, -0.1) is 0 Å². The molecule has 7 heteroatoms. The third kappa shape index (κ3) is 2.02. The van der Waals surface area contributed by atoms with Crippen LogP contribution >= 0.6 is 0 Å². The first kappa shape index (κ1) is 10.1. The van der Waals surface area contributed by atoms with Gasteiger partial charge in [-0.1, -0.05) is 0 Å². The normalized spacial score (nSPS) is 15.1. The Morgan fingerprint density at radius 3 is 1.73 bits per heavy atom. The van der Waals surface area contributed by atoms with Crippen molar-refractivity contribution in [1.82, 2.24) is 0 Å². The third-order valence-corrected chi connectivity index (χ3v) is 0.902. The van der Waals surface area contributed by atoms with Crippen molar-refractivity contribution in [2.45, 2.75) is 18.5 Å². The lowest BCUT2D eigenvalue weighted by Crippen LogP contribution is -2.45. The van der Waals surface area contributed by atoms with Gasteiger partial charge in [0, 0.05) is 0 Å². The van der Waals surface area contributed by atoms with Gasteiger partial charge in [0.2, 0.25) is 6.17 Å². The molecule has 1 atom stereocenters. The molecule has 0 amide bonds. The standard InChI is InChI=1S/C4H5F5N2/c5-1(2(10)11)4(8,9)3(6)7/h1,3H,(H3,10,11). The number of halogens is 5. The second-order valence-electron chi connectivity index (χ2n) is 1.79. The average molecular weight is 176 g/mol. The van der Waals surface area contributed by atoms with Crippen molar-refractivity contribution in [3.63, 3.8) is 0 Å². The van der Waals surface area contributed by atoms with Gasteiger partial charge in [-0.3, -0.25) is 5.41 Å². The van der Waals surface area contributed by atoms with E-state index < -0.39 is 24.4 Å². The summed E-state index contributed by atoms with van der Waals surface area (Å²) >= 11 is 0. The fourth-order valence-electron chi connectivity index (χ4n) is 0.318. The molecule has 0 aliphatic carbocycles. The molecule has 0 rings (SSSR count). The molecule has 0 aromatic heterocycles. The van der Waals surface area contributed by atoms with Crippen LogP contribution in [0.3, 0.4) is 0 Å². The van der Waals surface area contributed by atoms with Gasteiger partial charge in [0.15, 0.2) is 0 Å². The van der Waals surface area contributed by atoms with E-state index in [4.69, 9.17) is 5.41 Å². The summed E-state index contributed by atoms with van der Waals surface area (Å²) in [5, 5.41) is 6.14. The molecule has 2 nitrogen and oxygen atoms in total. The van der Waals surface area contributed by atoms with E-state index in [0.29, 0.717) is 0 Å². The van der Waals surface area contributed by atoms with Gasteiger partial charge in [-0.25, -0.2) is 13.2 Å². The van der Waals surface area contributed by atoms with Crippen LogP contribution in [0.1, 0.15) is 0 Å². The summed E-state index contributed by atoms with van der Waals surface area (Å²) < 4.78 is 58.2. The van der Waals surface area contributed by atoms with Crippen LogP contribution in [-0.4, -0.2) is 24.4 Å². The second-order valence-corrected chi connectivity index (χ2v) is 1.79. The molecule has 0 aromatic carbocycles. The molecule has 0 spiro atoms. The lowest BCUT2D eigenvalue weighted by molar-refractivity contribution is -0.154. The zero-order valence-electron chi connectivity index (χ0n) is 5.12. The summed E-state index contributed by atoms with van der Waals surface area (Å²) in [7, 11) is 0. The minimum Gasteiger partial charge on any atom is -0.385 e. The van der Waals surface area contributed by atoms with Crippen molar-refractivity contribution in [3.05, 3.63) is 0 Å². The van der Waals surface area contributed by atoms with Crippen LogP contribution in [0.15, 0.2) is 0 Å². The van der Waals surface area contributed by atoms with E-state index in [1.54, 1.807) is 0 Å². The van der Waals surface area contributed by atoms with Crippen LogP contribution in [0.5, 0.6) is 0 Å². The van der Waals surface area contributed by atoms with Gasteiger partial charge in [0.1, 0.15) is 5.84 Å². The Morgan fingerprint density at radius 2 is 1.64 bits per heavy atom.